The van der Waals surface area contributed by atoms with Crippen LogP contribution in [0.5, 0.6) is 0 Å². The summed E-state index contributed by atoms with van der Waals surface area (Å²) in [4.78, 5) is 41.3. The predicted molar refractivity (Wildman–Crippen MR) is 108 cm³/mol. The van der Waals surface area contributed by atoms with E-state index in [4.69, 9.17) is 9.56 Å². The molecule has 2 aromatic rings. The molecule has 0 saturated carbocycles. The Morgan fingerprint density at radius 1 is 1.23 bits per heavy atom. The van der Waals surface area contributed by atoms with Gasteiger partial charge in [0.2, 0.25) is 15.9 Å². The minimum absolute atomic E-state index is 0.0766. The average molecular weight is 433 g/mol. The number of anilines is 1. The summed E-state index contributed by atoms with van der Waals surface area (Å²) in [7, 11) is -3.91. The van der Waals surface area contributed by atoms with E-state index in [0.29, 0.717) is 6.42 Å². The van der Waals surface area contributed by atoms with Crippen molar-refractivity contribution < 1.29 is 27.2 Å². The lowest BCUT2D eigenvalue weighted by Gasteiger charge is -2.40. The van der Waals surface area contributed by atoms with Crippen molar-refractivity contribution in [3.8, 4) is 0 Å². The number of carbonyl (C=O) groups is 3. The van der Waals surface area contributed by atoms with E-state index in [1.165, 1.54) is 41.5 Å². The van der Waals surface area contributed by atoms with E-state index in [-0.39, 0.29) is 22.8 Å². The van der Waals surface area contributed by atoms with Gasteiger partial charge in [0.05, 0.1) is 23.3 Å². The molecule has 9 nitrogen and oxygen atoms in total. The number of primary sulfonamides is 1. The van der Waals surface area contributed by atoms with E-state index in [1.54, 1.807) is 6.07 Å². The van der Waals surface area contributed by atoms with Gasteiger partial charge in [-0.2, -0.15) is 0 Å². The van der Waals surface area contributed by atoms with Crippen molar-refractivity contribution in [3.05, 3.63) is 48.4 Å². The number of hydrogen-bond donors (Lipinski definition) is 1. The standard InChI is InChI=1S/C20H23N3O6S/c1-4-20(2,3)23(19(26)16-6-5-11-29-16)15-12-17(24)22(18(15)25)13-7-9-14(10-8-13)30(21,27)28/h5-11,15H,4,12H2,1-3H3,(H2,21,27,28). The van der Waals surface area contributed by atoms with Gasteiger partial charge in [0.1, 0.15) is 6.04 Å². The molecule has 1 aromatic heterocycles. The van der Waals surface area contributed by atoms with Crippen molar-refractivity contribution in [2.45, 2.75) is 50.1 Å². The van der Waals surface area contributed by atoms with Gasteiger partial charge in [-0.3, -0.25) is 14.4 Å². The van der Waals surface area contributed by atoms with Gasteiger partial charge in [0, 0.05) is 5.54 Å². The highest BCUT2D eigenvalue weighted by Gasteiger charge is 2.48. The summed E-state index contributed by atoms with van der Waals surface area (Å²) in [6, 6.07) is 7.18. The molecular formula is C20H23N3O6S. The first-order chi connectivity index (χ1) is 14.0. The molecule has 30 heavy (non-hydrogen) atoms. The molecule has 160 valence electrons. The van der Waals surface area contributed by atoms with Crippen LogP contribution in [-0.2, 0) is 19.6 Å². The number of rotatable bonds is 6. The highest BCUT2D eigenvalue weighted by Crippen LogP contribution is 2.32. The SMILES string of the molecule is CCC(C)(C)N(C(=O)c1ccco1)C1CC(=O)N(c2ccc(S(N)(=O)=O)cc2)C1=O. The Kier molecular flexibility index (Phi) is 5.57. The van der Waals surface area contributed by atoms with E-state index in [1.807, 2.05) is 20.8 Å². The fraction of sp³-hybridized carbons (Fsp3) is 0.350. The van der Waals surface area contributed by atoms with E-state index < -0.39 is 39.3 Å². The van der Waals surface area contributed by atoms with Gasteiger partial charge >= 0.3 is 0 Å². The molecule has 1 aliphatic rings. The van der Waals surface area contributed by atoms with Crippen molar-refractivity contribution in [2.75, 3.05) is 4.90 Å². The van der Waals surface area contributed by atoms with E-state index in [0.717, 1.165) is 4.90 Å². The van der Waals surface area contributed by atoms with Crippen LogP contribution in [0.4, 0.5) is 5.69 Å². The highest BCUT2D eigenvalue weighted by atomic mass is 32.2. The maximum Gasteiger partial charge on any atom is 0.290 e. The first-order valence-electron chi connectivity index (χ1n) is 9.34. The monoisotopic (exact) mass is 433 g/mol. The summed E-state index contributed by atoms with van der Waals surface area (Å²) in [6.45, 7) is 5.51. The first-order valence-corrected chi connectivity index (χ1v) is 10.9. The zero-order valence-electron chi connectivity index (χ0n) is 16.9. The van der Waals surface area contributed by atoms with Gasteiger partial charge in [-0.05, 0) is 56.7 Å². The number of nitrogens with two attached hydrogens (primary N) is 1. The lowest BCUT2D eigenvalue weighted by molar-refractivity contribution is -0.123. The van der Waals surface area contributed by atoms with Crippen LogP contribution in [0.1, 0.15) is 44.2 Å². The lowest BCUT2D eigenvalue weighted by atomic mass is 9.95. The van der Waals surface area contributed by atoms with Crippen molar-refractivity contribution in [3.63, 3.8) is 0 Å². The van der Waals surface area contributed by atoms with Gasteiger partial charge in [-0.25, -0.2) is 18.5 Å². The fourth-order valence-electron chi connectivity index (χ4n) is 3.40. The highest BCUT2D eigenvalue weighted by molar-refractivity contribution is 7.89. The Morgan fingerprint density at radius 3 is 2.37 bits per heavy atom. The average Bonchev–Trinajstić information content (AvgIpc) is 3.30. The number of carbonyl (C=O) groups excluding carboxylic acids is 3. The van der Waals surface area contributed by atoms with Gasteiger partial charge in [-0.15, -0.1) is 0 Å². The molecule has 3 rings (SSSR count). The molecule has 1 aromatic carbocycles. The molecule has 0 radical (unpaired) electrons. The minimum Gasteiger partial charge on any atom is -0.459 e. The van der Waals surface area contributed by atoms with Crippen molar-refractivity contribution in [1.29, 1.82) is 0 Å². The zero-order chi connectivity index (χ0) is 22.3. The van der Waals surface area contributed by atoms with Crippen LogP contribution >= 0.6 is 0 Å². The van der Waals surface area contributed by atoms with Crippen LogP contribution in [0, 0.1) is 0 Å². The summed E-state index contributed by atoms with van der Waals surface area (Å²) < 4.78 is 28.1. The third kappa shape index (κ3) is 3.88. The third-order valence-corrected chi connectivity index (χ3v) is 6.26. The topological polar surface area (TPSA) is 131 Å². The molecule has 0 bridgehead atoms. The largest absolute Gasteiger partial charge is 0.459 e. The summed E-state index contributed by atoms with van der Waals surface area (Å²) in [6.07, 6.45) is 1.72. The Morgan fingerprint density at radius 2 is 1.87 bits per heavy atom. The molecule has 2 heterocycles. The summed E-state index contributed by atoms with van der Waals surface area (Å²) >= 11 is 0. The Labute approximate surface area is 174 Å². The summed E-state index contributed by atoms with van der Waals surface area (Å²) in [5.41, 5.74) is -0.516. The fourth-order valence-corrected chi connectivity index (χ4v) is 3.92. The molecule has 1 atom stereocenters. The second-order valence-corrected chi connectivity index (χ2v) is 9.21. The number of imide groups is 1. The molecule has 10 heteroatoms. The normalized spacial score (nSPS) is 17.5. The van der Waals surface area contributed by atoms with Crippen LogP contribution in [0.3, 0.4) is 0 Å². The summed E-state index contributed by atoms with van der Waals surface area (Å²) in [5.74, 6) is -1.46. The molecule has 1 aliphatic heterocycles. The molecule has 3 amide bonds. The zero-order valence-corrected chi connectivity index (χ0v) is 17.7. The number of nitrogens with zero attached hydrogens (tertiary/aromatic N) is 2. The van der Waals surface area contributed by atoms with Gasteiger partial charge in [0.15, 0.2) is 5.76 Å². The Balaban J connectivity index is 1.97. The maximum absolute atomic E-state index is 13.2. The van der Waals surface area contributed by atoms with Crippen LogP contribution in [0.15, 0.2) is 52.0 Å². The van der Waals surface area contributed by atoms with Gasteiger partial charge in [-0.1, -0.05) is 6.92 Å². The van der Waals surface area contributed by atoms with Gasteiger partial charge in [0.25, 0.3) is 11.8 Å². The van der Waals surface area contributed by atoms with Crippen LogP contribution < -0.4 is 10.0 Å². The number of sulfonamides is 1. The molecular weight excluding hydrogens is 410 g/mol. The van der Waals surface area contributed by atoms with E-state index >= 15 is 0 Å². The van der Waals surface area contributed by atoms with Crippen molar-refractivity contribution >= 4 is 33.4 Å². The molecule has 0 aliphatic carbocycles. The number of furan rings is 1. The van der Waals surface area contributed by atoms with Crippen LogP contribution in [0.2, 0.25) is 0 Å². The molecule has 1 unspecified atom stereocenters. The van der Waals surface area contributed by atoms with E-state index in [2.05, 4.69) is 0 Å². The number of benzene rings is 1. The quantitative estimate of drug-likeness (QED) is 0.692. The van der Waals surface area contributed by atoms with E-state index in [9.17, 15) is 22.8 Å². The molecule has 1 saturated heterocycles. The van der Waals surface area contributed by atoms with Gasteiger partial charge < -0.3 is 9.32 Å². The Hall–Kier alpha value is -2.98. The van der Waals surface area contributed by atoms with Crippen molar-refractivity contribution in [1.82, 2.24) is 4.90 Å². The van der Waals surface area contributed by atoms with Crippen LogP contribution in [-0.4, -0.2) is 42.6 Å². The third-order valence-electron chi connectivity index (χ3n) is 5.33. The summed E-state index contributed by atoms with van der Waals surface area (Å²) in [5, 5.41) is 5.09. The first kappa shape index (κ1) is 21.7. The predicted octanol–water partition coefficient (Wildman–Crippen LogP) is 1.89. The second-order valence-electron chi connectivity index (χ2n) is 7.64. The molecule has 0 spiro atoms. The molecule has 2 N–H and O–H groups in total. The lowest BCUT2D eigenvalue weighted by Crippen LogP contribution is -2.55. The maximum atomic E-state index is 13.2. The van der Waals surface area contributed by atoms with Crippen LogP contribution in [0.25, 0.3) is 0 Å². The number of amides is 3. The molecule has 1 fully saturated rings. The van der Waals surface area contributed by atoms with Crippen molar-refractivity contribution in [2.24, 2.45) is 5.14 Å². The number of hydrogen-bond acceptors (Lipinski definition) is 6. The smallest absolute Gasteiger partial charge is 0.290 e. The minimum atomic E-state index is -3.91. The Bertz CT molecular complexity index is 1070. The second kappa shape index (κ2) is 7.69.